The van der Waals surface area contributed by atoms with Crippen LogP contribution in [0.2, 0.25) is 0 Å². The summed E-state index contributed by atoms with van der Waals surface area (Å²) in [4.78, 5) is 7.02. The molecule has 0 bridgehead atoms. The average molecular weight is 251 g/mol. The van der Waals surface area contributed by atoms with Gasteiger partial charge in [0.25, 0.3) is 0 Å². The Hall–Kier alpha value is -0.870. The molecule has 0 saturated carbocycles. The van der Waals surface area contributed by atoms with Gasteiger partial charge in [0.15, 0.2) is 4.96 Å². The summed E-state index contributed by atoms with van der Waals surface area (Å²) < 4.78 is 2.22. The molecule has 4 heteroatoms. The van der Waals surface area contributed by atoms with Gasteiger partial charge in [-0.2, -0.15) is 0 Å². The Labute approximate surface area is 107 Å². The maximum Gasteiger partial charge on any atom is 0.194 e. The van der Waals surface area contributed by atoms with Crippen LogP contribution in [0.3, 0.4) is 0 Å². The molecule has 17 heavy (non-hydrogen) atoms. The highest BCUT2D eigenvalue weighted by Gasteiger charge is 2.10. The monoisotopic (exact) mass is 251 g/mol. The number of thiazole rings is 1. The molecular formula is C13H21N3S. The fourth-order valence-corrected chi connectivity index (χ4v) is 2.81. The summed E-state index contributed by atoms with van der Waals surface area (Å²) in [6.07, 6.45) is 3.41. The van der Waals surface area contributed by atoms with Gasteiger partial charge in [0.05, 0.1) is 11.4 Å². The Bertz CT molecular complexity index is 496. The van der Waals surface area contributed by atoms with Gasteiger partial charge in [-0.3, -0.25) is 4.40 Å². The normalized spacial score (nSPS) is 11.8. The zero-order chi connectivity index (χ0) is 12.4. The molecule has 3 nitrogen and oxygen atoms in total. The van der Waals surface area contributed by atoms with E-state index in [9.17, 15) is 0 Å². The Balaban J connectivity index is 2.04. The van der Waals surface area contributed by atoms with Gasteiger partial charge in [-0.05, 0) is 32.7 Å². The predicted molar refractivity (Wildman–Crippen MR) is 73.7 cm³/mol. The highest BCUT2D eigenvalue weighted by molar-refractivity contribution is 7.17. The van der Waals surface area contributed by atoms with E-state index in [-0.39, 0.29) is 0 Å². The van der Waals surface area contributed by atoms with Crippen LogP contribution in [0.4, 0.5) is 0 Å². The van der Waals surface area contributed by atoms with Crippen LogP contribution in [0.1, 0.15) is 36.5 Å². The highest BCUT2D eigenvalue weighted by Crippen LogP contribution is 2.20. The van der Waals surface area contributed by atoms with E-state index in [1.165, 1.54) is 17.0 Å². The van der Waals surface area contributed by atoms with Crippen LogP contribution in [-0.4, -0.2) is 15.9 Å². The number of hydrogen-bond donors (Lipinski definition) is 1. The molecule has 0 amide bonds. The van der Waals surface area contributed by atoms with E-state index in [1.54, 1.807) is 11.3 Å². The molecule has 0 radical (unpaired) electrons. The van der Waals surface area contributed by atoms with Crippen LogP contribution in [0.15, 0.2) is 6.20 Å². The predicted octanol–water partition coefficient (Wildman–Crippen LogP) is 3.15. The van der Waals surface area contributed by atoms with E-state index in [2.05, 4.69) is 48.6 Å². The van der Waals surface area contributed by atoms with Crippen molar-refractivity contribution in [2.24, 2.45) is 5.92 Å². The molecule has 2 aromatic heterocycles. The molecule has 2 aromatic rings. The van der Waals surface area contributed by atoms with Crippen molar-refractivity contribution < 1.29 is 0 Å². The molecule has 0 unspecified atom stereocenters. The first-order chi connectivity index (χ1) is 8.08. The smallest absolute Gasteiger partial charge is 0.194 e. The molecule has 94 valence electrons. The fraction of sp³-hybridized carbons (Fsp3) is 0.615. The number of nitrogens with zero attached hydrogens (tertiary/aromatic N) is 2. The summed E-state index contributed by atoms with van der Waals surface area (Å²) in [6, 6.07) is 0. The molecule has 0 fully saturated rings. The van der Waals surface area contributed by atoms with Gasteiger partial charge < -0.3 is 5.32 Å². The van der Waals surface area contributed by atoms with E-state index in [1.807, 2.05) is 0 Å². The second-order valence-electron chi connectivity index (χ2n) is 5.00. The van der Waals surface area contributed by atoms with E-state index < -0.39 is 0 Å². The standard InChI is InChI=1S/C13H21N3S/c1-9(2)5-6-14-7-12-11(4)15-13-16(12)8-10(3)17-13/h8-9,14H,5-7H2,1-4H3. The van der Waals surface area contributed by atoms with Crippen LogP contribution >= 0.6 is 11.3 Å². The number of aryl methyl sites for hydroxylation is 2. The Morgan fingerprint density at radius 3 is 2.88 bits per heavy atom. The zero-order valence-corrected chi connectivity index (χ0v) is 11.9. The lowest BCUT2D eigenvalue weighted by Crippen LogP contribution is -2.17. The lowest BCUT2D eigenvalue weighted by Gasteiger charge is -2.07. The molecule has 0 aliphatic heterocycles. The third-order valence-electron chi connectivity index (χ3n) is 2.93. The van der Waals surface area contributed by atoms with Gasteiger partial charge in [0.1, 0.15) is 0 Å². The number of hydrogen-bond acceptors (Lipinski definition) is 3. The minimum absolute atomic E-state index is 0.762. The van der Waals surface area contributed by atoms with Gasteiger partial charge in [-0.25, -0.2) is 4.98 Å². The molecule has 2 rings (SSSR count). The van der Waals surface area contributed by atoms with Crippen molar-refractivity contribution in [2.45, 2.75) is 40.7 Å². The summed E-state index contributed by atoms with van der Waals surface area (Å²) in [5.41, 5.74) is 2.45. The molecule has 0 aliphatic rings. The summed E-state index contributed by atoms with van der Waals surface area (Å²) in [6.45, 7) is 10.7. The minimum Gasteiger partial charge on any atom is -0.311 e. The van der Waals surface area contributed by atoms with Gasteiger partial charge in [-0.1, -0.05) is 13.8 Å². The quantitative estimate of drug-likeness (QED) is 0.827. The summed E-state index contributed by atoms with van der Waals surface area (Å²) >= 11 is 1.76. The second-order valence-corrected chi connectivity index (χ2v) is 6.21. The van der Waals surface area contributed by atoms with Gasteiger partial charge >= 0.3 is 0 Å². The summed E-state index contributed by atoms with van der Waals surface area (Å²) in [7, 11) is 0. The van der Waals surface area contributed by atoms with Crippen LogP contribution in [-0.2, 0) is 6.54 Å². The lowest BCUT2D eigenvalue weighted by atomic mass is 10.1. The van der Waals surface area contributed by atoms with Crippen LogP contribution < -0.4 is 5.32 Å². The maximum absolute atomic E-state index is 4.59. The molecule has 1 N–H and O–H groups in total. The lowest BCUT2D eigenvalue weighted by molar-refractivity contribution is 0.534. The van der Waals surface area contributed by atoms with E-state index in [0.717, 1.165) is 29.7 Å². The van der Waals surface area contributed by atoms with Gasteiger partial charge in [0, 0.05) is 17.6 Å². The molecule has 0 aromatic carbocycles. The number of nitrogens with one attached hydrogen (secondary N) is 1. The highest BCUT2D eigenvalue weighted by atomic mass is 32.1. The fourth-order valence-electron chi connectivity index (χ4n) is 1.92. The first-order valence-corrected chi connectivity index (χ1v) is 7.04. The second kappa shape index (κ2) is 5.19. The molecular weight excluding hydrogens is 230 g/mol. The third-order valence-corrected chi connectivity index (χ3v) is 3.83. The van der Waals surface area contributed by atoms with Crippen molar-refractivity contribution in [3.05, 3.63) is 22.5 Å². The van der Waals surface area contributed by atoms with Gasteiger partial charge in [-0.15, -0.1) is 11.3 Å². The maximum atomic E-state index is 4.59. The van der Waals surface area contributed by atoms with Gasteiger partial charge in [0.2, 0.25) is 0 Å². The Morgan fingerprint density at radius 2 is 2.18 bits per heavy atom. The van der Waals surface area contributed by atoms with Crippen LogP contribution in [0, 0.1) is 19.8 Å². The SMILES string of the molecule is Cc1cn2c(CNCCC(C)C)c(C)nc2s1. The van der Waals surface area contributed by atoms with E-state index in [4.69, 9.17) is 0 Å². The zero-order valence-electron chi connectivity index (χ0n) is 11.1. The molecule has 0 atom stereocenters. The van der Waals surface area contributed by atoms with Crippen molar-refractivity contribution in [2.75, 3.05) is 6.54 Å². The van der Waals surface area contributed by atoms with Crippen LogP contribution in [0.5, 0.6) is 0 Å². The number of fused-ring (bicyclic) bond motifs is 1. The molecule has 0 spiro atoms. The largest absolute Gasteiger partial charge is 0.311 e. The number of imidazole rings is 1. The van der Waals surface area contributed by atoms with Crippen molar-refractivity contribution in [3.8, 4) is 0 Å². The van der Waals surface area contributed by atoms with Crippen molar-refractivity contribution in [1.82, 2.24) is 14.7 Å². The van der Waals surface area contributed by atoms with Crippen molar-refractivity contribution in [1.29, 1.82) is 0 Å². The van der Waals surface area contributed by atoms with E-state index in [0.29, 0.717) is 0 Å². The average Bonchev–Trinajstić information content (AvgIpc) is 2.69. The number of aromatic nitrogens is 2. The first kappa shape index (κ1) is 12.6. The number of rotatable bonds is 5. The van der Waals surface area contributed by atoms with Crippen molar-refractivity contribution >= 4 is 16.3 Å². The summed E-state index contributed by atoms with van der Waals surface area (Å²) in [5, 5.41) is 3.51. The third kappa shape index (κ3) is 2.87. The van der Waals surface area contributed by atoms with E-state index >= 15 is 0 Å². The summed E-state index contributed by atoms with van der Waals surface area (Å²) in [5.74, 6) is 0.762. The van der Waals surface area contributed by atoms with Crippen molar-refractivity contribution in [3.63, 3.8) is 0 Å². The molecule has 2 heterocycles. The molecule has 0 saturated heterocycles. The minimum atomic E-state index is 0.762. The topological polar surface area (TPSA) is 29.3 Å². The molecule has 0 aliphatic carbocycles. The first-order valence-electron chi connectivity index (χ1n) is 6.22. The van der Waals surface area contributed by atoms with Crippen LogP contribution in [0.25, 0.3) is 4.96 Å². The Kier molecular flexibility index (Phi) is 3.84. The Morgan fingerprint density at radius 1 is 1.41 bits per heavy atom.